The summed E-state index contributed by atoms with van der Waals surface area (Å²) in [7, 11) is 3.53. The lowest BCUT2D eigenvalue weighted by molar-refractivity contribution is -0.122. The standard InChI is InChI=1S/C25H29N3O4/c1-4-32-15-7-14-26-21(29)16-28-23(17-10-12-18(31-3)13-11-17)22-19-8-5-6-9-20(19)27(2)24(22)25(28)30/h5-6,8-13,23H,4,7,14-16H2,1-3H3,(H,26,29)/t23-/m1/s1. The highest BCUT2D eigenvalue weighted by Gasteiger charge is 2.42. The smallest absolute Gasteiger partial charge is 0.272 e. The first kappa shape index (κ1) is 21.9. The van der Waals surface area contributed by atoms with Crippen molar-refractivity contribution < 1.29 is 19.1 Å². The van der Waals surface area contributed by atoms with Crippen molar-refractivity contribution in [2.75, 3.05) is 33.4 Å². The first-order valence-corrected chi connectivity index (χ1v) is 10.9. The van der Waals surface area contributed by atoms with Gasteiger partial charge in [0.25, 0.3) is 5.91 Å². The number of carbonyl (C=O) groups excluding carboxylic acids is 2. The lowest BCUT2D eigenvalue weighted by atomic mass is 9.98. The molecule has 0 saturated heterocycles. The van der Waals surface area contributed by atoms with Crippen LogP contribution < -0.4 is 10.1 Å². The van der Waals surface area contributed by atoms with Gasteiger partial charge in [-0.25, -0.2) is 0 Å². The van der Waals surface area contributed by atoms with E-state index in [1.165, 1.54) is 0 Å². The number of fused-ring (bicyclic) bond motifs is 3. The third kappa shape index (κ3) is 3.96. The number of carbonyl (C=O) groups is 2. The van der Waals surface area contributed by atoms with Crippen LogP contribution in [0.1, 0.15) is 41.0 Å². The number of benzene rings is 2. The summed E-state index contributed by atoms with van der Waals surface area (Å²) in [5.41, 5.74) is 3.53. The van der Waals surface area contributed by atoms with Crippen LogP contribution in [-0.4, -0.2) is 54.7 Å². The van der Waals surface area contributed by atoms with Crippen LogP contribution in [0.2, 0.25) is 0 Å². The molecule has 168 valence electrons. The van der Waals surface area contributed by atoms with Gasteiger partial charge in [0.15, 0.2) is 0 Å². The average molecular weight is 436 g/mol. The van der Waals surface area contributed by atoms with E-state index in [1.54, 1.807) is 12.0 Å². The van der Waals surface area contributed by atoms with Crippen molar-refractivity contribution in [3.05, 3.63) is 65.4 Å². The molecule has 2 heterocycles. The molecule has 1 aliphatic rings. The quantitative estimate of drug-likeness (QED) is 0.524. The molecule has 0 saturated carbocycles. The Labute approximate surface area is 187 Å². The molecule has 32 heavy (non-hydrogen) atoms. The summed E-state index contributed by atoms with van der Waals surface area (Å²) < 4.78 is 12.6. The minimum atomic E-state index is -0.344. The number of ether oxygens (including phenoxy) is 2. The maximum Gasteiger partial charge on any atom is 0.272 e. The van der Waals surface area contributed by atoms with Crippen molar-refractivity contribution in [2.45, 2.75) is 19.4 Å². The normalized spacial score (nSPS) is 15.3. The van der Waals surface area contributed by atoms with E-state index in [1.807, 2.05) is 67.1 Å². The highest BCUT2D eigenvalue weighted by Crippen LogP contribution is 2.43. The maximum atomic E-state index is 13.5. The van der Waals surface area contributed by atoms with Crippen LogP contribution in [0.15, 0.2) is 48.5 Å². The third-order valence-corrected chi connectivity index (χ3v) is 5.93. The van der Waals surface area contributed by atoms with E-state index in [0.717, 1.165) is 34.2 Å². The molecule has 0 radical (unpaired) electrons. The van der Waals surface area contributed by atoms with Gasteiger partial charge in [-0.3, -0.25) is 9.59 Å². The molecule has 0 bridgehead atoms. The minimum Gasteiger partial charge on any atom is -0.497 e. The lowest BCUT2D eigenvalue weighted by Crippen LogP contribution is -2.40. The van der Waals surface area contributed by atoms with Gasteiger partial charge >= 0.3 is 0 Å². The third-order valence-electron chi connectivity index (χ3n) is 5.93. The second-order valence-electron chi connectivity index (χ2n) is 7.85. The number of aryl methyl sites for hydroxylation is 1. The Morgan fingerprint density at radius 1 is 1.12 bits per heavy atom. The summed E-state index contributed by atoms with van der Waals surface area (Å²) in [5, 5.41) is 3.94. The molecule has 0 unspecified atom stereocenters. The van der Waals surface area contributed by atoms with Crippen LogP contribution in [0.3, 0.4) is 0 Å². The molecule has 1 aliphatic heterocycles. The number of rotatable bonds is 9. The summed E-state index contributed by atoms with van der Waals surface area (Å²) >= 11 is 0. The van der Waals surface area contributed by atoms with Crippen molar-refractivity contribution in [3.63, 3.8) is 0 Å². The van der Waals surface area contributed by atoms with Crippen molar-refractivity contribution in [2.24, 2.45) is 7.05 Å². The summed E-state index contributed by atoms with van der Waals surface area (Å²) in [6.45, 7) is 3.71. The fraction of sp³-hybridized carbons (Fsp3) is 0.360. The van der Waals surface area contributed by atoms with E-state index in [-0.39, 0.29) is 24.4 Å². The summed E-state index contributed by atoms with van der Waals surface area (Å²) in [4.78, 5) is 27.9. The second kappa shape index (κ2) is 9.44. The van der Waals surface area contributed by atoms with E-state index in [0.29, 0.717) is 25.5 Å². The van der Waals surface area contributed by atoms with Gasteiger partial charge in [0.05, 0.1) is 13.2 Å². The highest BCUT2D eigenvalue weighted by atomic mass is 16.5. The predicted octanol–water partition coefficient (Wildman–Crippen LogP) is 3.27. The van der Waals surface area contributed by atoms with Gasteiger partial charge in [-0.05, 0) is 37.1 Å². The van der Waals surface area contributed by atoms with Crippen molar-refractivity contribution in [3.8, 4) is 5.75 Å². The molecule has 2 amide bonds. The number of aromatic nitrogens is 1. The zero-order valence-electron chi connectivity index (χ0n) is 18.8. The lowest BCUT2D eigenvalue weighted by Gasteiger charge is -2.26. The number of hydrogen-bond donors (Lipinski definition) is 1. The molecule has 0 spiro atoms. The highest BCUT2D eigenvalue weighted by molar-refractivity contribution is 6.07. The molecular weight excluding hydrogens is 406 g/mol. The molecule has 1 aromatic heterocycles. The zero-order valence-corrected chi connectivity index (χ0v) is 18.8. The van der Waals surface area contributed by atoms with Gasteiger partial charge in [-0.15, -0.1) is 0 Å². The monoisotopic (exact) mass is 435 g/mol. The molecular formula is C25H29N3O4. The number of methoxy groups -OCH3 is 1. The van der Waals surface area contributed by atoms with Crippen LogP contribution in [0.5, 0.6) is 5.75 Å². The number of nitrogens with one attached hydrogen (secondary N) is 1. The van der Waals surface area contributed by atoms with Crippen LogP contribution in [0, 0.1) is 0 Å². The zero-order chi connectivity index (χ0) is 22.7. The van der Waals surface area contributed by atoms with Crippen molar-refractivity contribution >= 4 is 22.7 Å². The number of para-hydroxylation sites is 1. The number of nitrogens with zero attached hydrogens (tertiary/aromatic N) is 2. The Bertz CT molecular complexity index is 1120. The van der Waals surface area contributed by atoms with Gasteiger partial charge < -0.3 is 24.3 Å². The van der Waals surface area contributed by atoms with Gasteiger partial charge in [0.1, 0.15) is 18.0 Å². The fourth-order valence-electron chi connectivity index (χ4n) is 4.42. The van der Waals surface area contributed by atoms with E-state index in [4.69, 9.17) is 9.47 Å². The van der Waals surface area contributed by atoms with Gasteiger partial charge in [0, 0.05) is 43.3 Å². The maximum absolute atomic E-state index is 13.5. The molecule has 1 N–H and O–H groups in total. The molecule has 0 aliphatic carbocycles. The Morgan fingerprint density at radius 2 is 1.88 bits per heavy atom. The fourth-order valence-corrected chi connectivity index (χ4v) is 4.42. The van der Waals surface area contributed by atoms with Crippen molar-refractivity contribution in [1.29, 1.82) is 0 Å². The Morgan fingerprint density at radius 3 is 2.59 bits per heavy atom. The molecule has 2 aromatic carbocycles. The van der Waals surface area contributed by atoms with Crippen molar-refractivity contribution in [1.82, 2.24) is 14.8 Å². The largest absolute Gasteiger partial charge is 0.497 e. The average Bonchev–Trinajstić information content (AvgIpc) is 3.26. The molecule has 7 heteroatoms. The minimum absolute atomic E-state index is 0.00677. The Kier molecular flexibility index (Phi) is 6.46. The van der Waals surface area contributed by atoms with Gasteiger partial charge in [-0.2, -0.15) is 0 Å². The SMILES string of the molecule is CCOCCCNC(=O)CN1C(=O)c2c(c3ccccc3n2C)[C@H]1c1ccc(OC)cc1. The molecule has 4 rings (SSSR count). The molecule has 1 atom stereocenters. The summed E-state index contributed by atoms with van der Waals surface area (Å²) in [6.07, 6.45) is 0.736. The first-order chi connectivity index (χ1) is 15.6. The van der Waals surface area contributed by atoms with E-state index >= 15 is 0 Å². The van der Waals surface area contributed by atoms with Crippen LogP contribution in [0.4, 0.5) is 0 Å². The van der Waals surface area contributed by atoms with E-state index in [2.05, 4.69) is 5.32 Å². The number of hydrogen-bond acceptors (Lipinski definition) is 4. The molecule has 3 aromatic rings. The second-order valence-corrected chi connectivity index (χ2v) is 7.85. The summed E-state index contributed by atoms with van der Waals surface area (Å²) in [6, 6.07) is 15.3. The van der Waals surface area contributed by atoms with Crippen LogP contribution in [-0.2, 0) is 16.6 Å². The van der Waals surface area contributed by atoms with E-state index < -0.39 is 0 Å². The molecule has 7 nitrogen and oxygen atoms in total. The Balaban J connectivity index is 1.66. The van der Waals surface area contributed by atoms with Gasteiger partial charge in [0.2, 0.25) is 5.91 Å². The van der Waals surface area contributed by atoms with E-state index in [9.17, 15) is 9.59 Å². The predicted molar refractivity (Wildman–Crippen MR) is 123 cm³/mol. The summed E-state index contributed by atoms with van der Waals surface area (Å²) in [5.74, 6) is 0.435. The van der Waals surface area contributed by atoms with Crippen LogP contribution >= 0.6 is 0 Å². The van der Waals surface area contributed by atoms with Crippen LogP contribution in [0.25, 0.3) is 10.9 Å². The number of amides is 2. The first-order valence-electron chi connectivity index (χ1n) is 10.9. The van der Waals surface area contributed by atoms with Gasteiger partial charge in [-0.1, -0.05) is 30.3 Å². The molecule has 0 fully saturated rings. The topological polar surface area (TPSA) is 72.8 Å². The Hall–Kier alpha value is -3.32.